The Labute approximate surface area is 41.2 Å². The molecule has 1 aliphatic heterocycles. The second kappa shape index (κ2) is 1.61. The lowest BCUT2D eigenvalue weighted by Gasteiger charge is -1.77. The topological polar surface area (TPSA) is 41.5 Å². The van der Waals surface area contributed by atoms with Crippen molar-refractivity contribution in [1.29, 1.82) is 0 Å². The SMILES string of the molecule is O=S1NN=CS1. The molecule has 0 aromatic rings. The van der Waals surface area contributed by atoms with E-state index in [2.05, 4.69) is 9.93 Å². The van der Waals surface area contributed by atoms with E-state index in [1.807, 2.05) is 0 Å². The van der Waals surface area contributed by atoms with Gasteiger partial charge in [0.2, 0.25) is 10.0 Å². The first-order valence-electron chi connectivity index (χ1n) is 1.25. The average molecular weight is 122 g/mol. The summed E-state index contributed by atoms with van der Waals surface area (Å²) in [5.41, 5.74) is 1.51. The van der Waals surface area contributed by atoms with Crippen molar-refractivity contribution in [3.8, 4) is 0 Å². The lowest BCUT2D eigenvalue weighted by atomic mass is 11.7. The van der Waals surface area contributed by atoms with Gasteiger partial charge >= 0.3 is 0 Å². The molecule has 5 heteroatoms. The van der Waals surface area contributed by atoms with Gasteiger partial charge in [0, 0.05) is 10.8 Å². The van der Waals surface area contributed by atoms with Gasteiger partial charge in [-0.3, -0.25) is 0 Å². The van der Waals surface area contributed by atoms with Crippen molar-refractivity contribution in [2.75, 3.05) is 0 Å². The van der Waals surface area contributed by atoms with E-state index in [1.165, 1.54) is 16.3 Å². The Kier molecular flexibility index (Phi) is 1.11. The maximum atomic E-state index is 10.1. The Bertz CT molecular complexity index is 89.7. The Hall–Kier alpha value is -0.0300. The van der Waals surface area contributed by atoms with Crippen LogP contribution in [0.2, 0.25) is 0 Å². The first kappa shape index (κ1) is 4.14. The van der Waals surface area contributed by atoms with Gasteiger partial charge in [0.15, 0.2) is 0 Å². The predicted molar refractivity (Wildman–Crippen MR) is 27.4 cm³/mol. The smallest absolute Gasteiger partial charge is 0.201 e. The molecular formula is CH2N2OS2. The molecule has 1 atom stereocenters. The zero-order chi connectivity index (χ0) is 4.41. The molecular weight excluding hydrogens is 120 g/mol. The van der Waals surface area contributed by atoms with Crippen LogP contribution in [-0.2, 0) is 10.0 Å². The van der Waals surface area contributed by atoms with Crippen LogP contribution in [0.5, 0.6) is 0 Å². The molecule has 0 aromatic carbocycles. The molecule has 1 N–H and O–H groups in total. The lowest BCUT2D eigenvalue weighted by molar-refractivity contribution is 0.685. The fraction of sp³-hybridized carbons (Fsp3) is 0. The second-order valence-corrected chi connectivity index (χ2v) is 3.20. The summed E-state index contributed by atoms with van der Waals surface area (Å²) >= 11 is 0. The van der Waals surface area contributed by atoms with Crippen molar-refractivity contribution in [3.05, 3.63) is 0 Å². The van der Waals surface area contributed by atoms with E-state index < -0.39 is 10.0 Å². The molecule has 3 nitrogen and oxygen atoms in total. The first-order valence-corrected chi connectivity index (χ1v) is 3.80. The van der Waals surface area contributed by atoms with Crippen molar-refractivity contribution < 1.29 is 4.21 Å². The number of hydrogen-bond acceptors (Lipinski definition) is 3. The van der Waals surface area contributed by atoms with Crippen molar-refractivity contribution >= 4 is 26.4 Å². The molecule has 0 radical (unpaired) electrons. The maximum absolute atomic E-state index is 10.1. The summed E-state index contributed by atoms with van der Waals surface area (Å²) in [6.07, 6.45) is 0. The van der Waals surface area contributed by atoms with Crippen LogP contribution in [0.1, 0.15) is 0 Å². The molecule has 0 spiro atoms. The van der Waals surface area contributed by atoms with Crippen molar-refractivity contribution in [2.45, 2.75) is 0 Å². The van der Waals surface area contributed by atoms with E-state index in [4.69, 9.17) is 0 Å². The van der Waals surface area contributed by atoms with Crippen LogP contribution in [0.15, 0.2) is 5.10 Å². The van der Waals surface area contributed by atoms with Crippen molar-refractivity contribution in [2.24, 2.45) is 5.10 Å². The molecule has 1 unspecified atom stereocenters. The Morgan fingerprint density at radius 2 is 2.83 bits per heavy atom. The van der Waals surface area contributed by atoms with Gasteiger partial charge in [0.25, 0.3) is 0 Å². The molecule has 0 aromatic heterocycles. The standard InChI is InChI=1S/CH2N2OS2/c4-6-3-2-1-5-6/h1,3H. The van der Waals surface area contributed by atoms with Gasteiger partial charge in [-0.05, 0) is 0 Å². The van der Waals surface area contributed by atoms with Crippen molar-refractivity contribution in [1.82, 2.24) is 4.83 Å². The van der Waals surface area contributed by atoms with Crippen LogP contribution in [0.4, 0.5) is 0 Å². The number of hydrogen-bond donors (Lipinski definition) is 1. The molecule has 1 aliphatic rings. The molecule has 1 rings (SSSR count). The van der Waals surface area contributed by atoms with E-state index in [1.54, 1.807) is 0 Å². The van der Waals surface area contributed by atoms with E-state index in [9.17, 15) is 4.21 Å². The second-order valence-electron chi connectivity index (χ2n) is 0.657. The van der Waals surface area contributed by atoms with Gasteiger partial charge in [-0.15, -0.1) is 0 Å². The van der Waals surface area contributed by atoms with Crippen LogP contribution in [0, 0.1) is 0 Å². The van der Waals surface area contributed by atoms with Gasteiger partial charge in [0.05, 0.1) is 5.55 Å². The molecule has 1 heterocycles. The zero-order valence-electron chi connectivity index (χ0n) is 2.75. The van der Waals surface area contributed by atoms with Crippen LogP contribution >= 0.6 is 10.8 Å². The summed E-state index contributed by atoms with van der Waals surface area (Å²) in [5.74, 6) is 0. The third-order valence-corrected chi connectivity index (χ3v) is 1.94. The predicted octanol–water partition coefficient (Wildman–Crippen LogP) is -0.155. The van der Waals surface area contributed by atoms with Gasteiger partial charge < -0.3 is 0 Å². The zero-order valence-corrected chi connectivity index (χ0v) is 4.38. The van der Waals surface area contributed by atoms with E-state index >= 15 is 0 Å². The summed E-state index contributed by atoms with van der Waals surface area (Å²) in [5, 5.41) is 3.45. The van der Waals surface area contributed by atoms with Gasteiger partial charge in [-0.1, -0.05) is 0 Å². The number of hydrazone groups is 1. The normalized spacial score (nSPS) is 30.3. The molecule has 0 bridgehead atoms. The summed E-state index contributed by atoms with van der Waals surface area (Å²) in [6.45, 7) is 0. The van der Waals surface area contributed by atoms with Crippen LogP contribution in [0.25, 0.3) is 0 Å². The third kappa shape index (κ3) is 0.721. The molecule has 0 fully saturated rings. The minimum absolute atomic E-state index is 0.978. The highest BCUT2D eigenvalue weighted by Crippen LogP contribution is 2.03. The number of rotatable bonds is 0. The summed E-state index contributed by atoms with van der Waals surface area (Å²) in [6, 6.07) is 0. The minimum Gasteiger partial charge on any atom is -0.223 e. The van der Waals surface area contributed by atoms with E-state index in [-0.39, 0.29) is 0 Å². The first-order chi connectivity index (χ1) is 2.89. The van der Waals surface area contributed by atoms with Gasteiger partial charge in [-0.25, -0.2) is 9.04 Å². The maximum Gasteiger partial charge on any atom is 0.201 e. The lowest BCUT2D eigenvalue weighted by Crippen LogP contribution is -1.96. The van der Waals surface area contributed by atoms with E-state index in [0.717, 1.165) is 0 Å². The highest BCUT2D eigenvalue weighted by Gasteiger charge is 1.98. The Balaban J connectivity index is 2.52. The summed E-state index contributed by atoms with van der Waals surface area (Å²) < 4.78 is 10.1. The number of nitrogens with zero attached hydrogens (tertiary/aromatic N) is 1. The molecule has 34 valence electrons. The fourth-order valence-corrected chi connectivity index (χ4v) is 1.19. The quantitative estimate of drug-likeness (QED) is 0.454. The third-order valence-electron chi connectivity index (χ3n) is 0.310. The average Bonchev–Trinajstić information content (AvgIpc) is 1.86. The van der Waals surface area contributed by atoms with Gasteiger partial charge in [-0.2, -0.15) is 5.10 Å². The van der Waals surface area contributed by atoms with Crippen LogP contribution in [0.3, 0.4) is 0 Å². The molecule has 0 amide bonds. The summed E-state index contributed by atoms with van der Waals surface area (Å²) in [7, 11) is 0.188. The largest absolute Gasteiger partial charge is 0.223 e. The highest BCUT2D eigenvalue weighted by atomic mass is 33.1. The molecule has 0 saturated carbocycles. The Morgan fingerprint density at radius 3 is 3.00 bits per heavy atom. The van der Waals surface area contributed by atoms with Crippen molar-refractivity contribution in [3.63, 3.8) is 0 Å². The monoisotopic (exact) mass is 122 g/mol. The fourth-order valence-electron chi connectivity index (χ4n) is 0.147. The molecule has 6 heavy (non-hydrogen) atoms. The van der Waals surface area contributed by atoms with Crippen LogP contribution in [-0.4, -0.2) is 9.76 Å². The highest BCUT2D eigenvalue weighted by molar-refractivity contribution is 8.74. The van der Waals surface area contributed by atoms with Gasteiger partial charge in [0.1, 0.15) is 0 Å². The molecule has 0 aliphatic carbocycles. The summed E-state index contributed by atoms with van der Waals surface area (Å²) in [4.78, 5) is 2.32. The van der Waals surface area contributed by atoms with E-state index in [0.29, 0.717) is 0 Å². The Morgan fingerprint density at radius 1 is 2.00 bits per heavy atom. The minimum atomic E-state index is -0.978. The number of nitrogens with one attached hydrogen (secondary N) is 1. The van der Waals surface area contributed by atoms with Crippen LogP contribution < -0.4 is 4.83 Å². The molecule has 0 saturated heterocycles.